The average Bonchev–Trinajstić information content (AvgIpc) is 2.19. The SMILES string of the molecule is Cc1c(Br)cc(CCl)cc1S(=O)(=O)NC(C)C. The highest BCUT2D eigenvalue weighted by atomic mass is 79.9. The lowest BCUT2D eigenvalue weighted by Crippen LogP contribution is -2.30. The summed E-state index contributed by atoms with van der Waals surface area (Å²) >= 11 is 9.09. The van der Waals surface area contributed by atoms with Crippen molar-refractivity contribution in [3.05, 3.63) is 27.7 Å². The van der Waals surface area contributed by atoms with Gasteiger partial charge in [-0.15, -0.1) is 11.6 Å². The Morgan fingerprint density at radius 2 is 2.00 bits per heavy atom. The van der Waals surface area contributed by atoms with Gasteiger partial charge in [0.1, 0.15) is 0 Å². The number of nitrogens with one attached hydrogen (secondary N) is 1. The largest absolute Gasteiger partial charge is 0.241 e. The van der Waals surface area contributed by atoms with Gasteiger partial charge < -0.3 is 0 Å². The first kappa shape index (κ1) is 15.0. The molecule has 0 aliphatic carbocycles. The van der Waals surface area contributed by atoms with Crippen molar-refractivity contribution in [1.29, 1.82) is 0 Å². The first-order valence-electron chi connectivity index (χ1n) is 5.15. The molecule has 0 aliphatic heterocycles. The van der Waals surface area contributed by atoms with Gasteiger partial charge in [-0.2, -0.15) is 0 Å². The fourth-order valence-corrected chi connectivity index (χ4v) is 3.80. The van der Waals surface area contributed by atoms with Gasteiger partial charge >= 0.3 is 0 Å². The van der Waals surface area contributed by atoms with Crippen molar-refractivity contribution < 1.29 is 8.42 Å². The highest BCUT2D eigenvalue weighted by molar-refractivity contribution is 9.10. The van der Waals surface area contributed by atoms with E-state index in [0.29, 0.717) is 5.56 Å². The smallest absolute Gasteiger partial charge is 0.209 e. The summed E-state index contributed by atoms with van der Waals surface area (Å²) in [7, 11) is -3.48. The molecule has 1 N–H and O–H groups in total. The van der Waals surface area contributed by atoms with Crippen LogP contribution in [-0.4, -0.2) is 14.5 Å². The summed E-state index contributed by atoms with van der Waals surface area (Å²) in [5.74, 6) is 0.281. The summed E-state index contributed by atoms with van der Waals surface area (Å²) in [6, 6.07) is 3.30. The maximum Gasteiger partial charge on any atom is 0.241 e. The highest BCUT2D eigenvalue weighted by Crippen LogP contribution is 2.26. The molecule has 0 bridgehead atoms. The van der Waals surface area contributed by atoms with E-state index in [1.54, 1.807) is 26.8 Å². The van der Waals surface area contributed by atoms with Gasteiger partial charge in [-0.3, -0.25) is 0 Å². The van der Waals surface area contributed by atoms with Crippen molar-refractivity contribution in [1.82, 2.24) is 4.72 Å². The van der Waals surface area contributed by atoms with Gasteiger partial charge in [-0.25, -0.2) is 13.1 Å². The summed E-state index contributed by atoms with van der Waals surface area (Å²) in [6.07, 6.45) is 0. The number of hydrogen-bond donors (Lipinski definition) is 1. The third kappa shape index (κ3) is 3.68. The number of benzene rings is 1. The Morgan fingerprint density at radius 3 is 2.47 bits per heavy atom. The maximum absolute atomic E-state index is 12.1. The number of alkyl halides is 1. The van der Waals surface area contributed by atoms with Crippen molar-refractivity contribution in [3.8, 4) is 0 Å². The molecule has 17 heavy (non-hydrogen) atoms. The molecule has 1 aromatic rings. The lowest BCUT2D eigenvalue weighted by molar-refractivity contribution is 0.569. The molecule has 0 fully saturated rings. The van der Waals surface area contributed by atoms with Gasteiger partial charge in [0.15, 0.2) is 0 Å². The lowest BCUT2D eigenvalue weighted by Gasteiger charge is -2.14. The Morgan fingerprint density at radius 1 is 1.41 bits per heavy atom. The van der Waals surface area contributed by atoms with Crippen molar-refractivity contribution in [2.24, 2.45) is 0 Å². The molecule has 0 amide bonds. The van der Waals surface area contributed by atoms with Gasteiger partial charge in [0.25, 0.3) is 0 Å². The molecule has 0 aliphatic rings. The van der Waals surface area contributed by atoms with Crippen LogP contribution in [0.1, 0.15) is 25.0 Å². The molecule has 1 rings (SSSR count). The minimum Gasteiger partial charge on any atom is -0.209 e. The normalized spacial score (nSPS) is 12.1. The van der Waals surface area contributed by atoms with Crippen LogP contribution in [0.15, 0.2) is 21.5 Å². The molecule has 0 saturated carbocycles. The number of rotatable bonds is 4. The van der Waals surface area contributed by atoms with Crippen molar-refractivity contribution >= 4 is 37.6 Å². The van der Waals surface area contributed by atoms with Gasteiger partial charge in [0.2, 0.25) is 10.0 Å². The van der Waals surface area contributed by atoms with Crippen LogP contribution in [-0.2, 0) is 15.9 Å². The summed E-state index contributed by atoms with van der Waals surface area (Å²) in [6.45, 7) is 5.33. The Hall–Kier alpha value is -0.100. The van der Waals surface area contributed by atoms with Gasteiger partial charge in [-0.1, -0.05) is 15.9 Å². The number of hydrogen-bond acceptors (Lipinski definition) is 2. The van der Waals surface area contributed by atoms with E-state index in [9.17, 15) is 8.42 Å². The van der Waals surface area contributed by atoms with Crippen LogP contribution in [0, 0.1) is 6.92 Å². The van der Waals surface area contributed by atoms with Crippen molar-refractivity contribution in [3.63, 3.8) is 0 Å². The van der Waals surface area contributed by atoms with Crippen LogP contribution in [0.2, 0.25) is 0 Å². The molecule has 0 atom stereocenters. The zero-order valence-electron chi connectivity index (χ0n) is 9.92. The maximum atomic E-state index is 12.1. The van der Waals surface area contributed by atoms with E-state index in [2.05, 4.69) is 20.7 Å². The molecule has 96 valence electrons. The summed E-state index contributed by atoms with van der Waals surface area (Å²) in [4.78, 5) is 0.274. The Balaban J connectivity index is 3.35. The molecular formula is C11H15BrClNO2S. The van der Waals surface area contributed by atoms with Crippen LogP contribution in [0.5, 0.6) is 0 Å². The summed E-state index contributed by atoms with van der Waals surface area (Å²) < 4.78 is 27.5. The Bertz CT molecular complexity index is 514. The molecule has 0 spiro atoms. The van der Waals surface area contributed by atoms with Crippen LogP contribution in [0.4, 0.5) is 0 Å². The highest BCUT2D eigenvalue weighted by Gasteiger charge is 2.20. The number of halogens is 2. The summed E-state index contributed by atoms with van der Waals surface area (Å²) in [5.41, 5.74) is 1.46. The Kier molecular flexibility index (Phi) is 5.01. The van der Waals surface area contributed by atoms with Gasteiger partial charge in [0.05, 0.1) is 4.90 Å². The van der Waals surface area contributed by atoms with Crippen LogP contribution in [0.3, 0.4) is 0 Å². The van der Waals surface area contributed by atoms with Crippen LogP contribution >= 0.6 is 27.5 Å². The van der Waals surface area contributed by atoms with E-state index >= 15 is 0 Å². The first-order chi connectivity index (χ1) is 7.77. The Labute approximate surface area is 116 Å². The van der Waals surface area contributed by atoms with Gasteiger partial charge in [-0.05, 0) is 44.0 Å². The second kappa shape index (κ2) is 5.69. The molecule has 0 radical (unpaired) electrons. The van der Waals surface area contributed by atoms with Gasteiger partial charge in [0, 0.05) is 16.4 Å². The fraction of sp³-hybridized carbons (Fsp3) is 0.455. The quantitative estimate of drug-likeness (QED) is 0.856. The second-order valence-corrected chi connectivity index (χ2v) is 6.91. The number of sulfonamides is 1. The van der Waals surface area contributed by atoms with Crippen LogP contribution in [0.25, 0.3) is 0 Å². The second-order valence-electron chi connectivity index (χ2n) is 4.11. The molecule has 0 heterocycles. The molecule has 1 aromatic carbocycles. The predicted octanol–water partition coefficient (Wildman–Crippen LogP) is 3.18. The molecule has 0 aromatic heterocycles. The monoisotopic (exact) mass is 339 g/mol. The molecule has 3 nitrogen and oxygen atoms in total. The average molecular weight is 341 g/mol. The fourth-order valence-electron chi connectivity index (χ4n) is 1.44. The molecular weight excluding hydrogens is 326 g/mol. The van der Waals surface area contributed by atoms with Crippen LogP contribution < -0.4 is 4.72 Å². The standard InChI is InChI=1S/C11H15BrClNO2S/c1-7(2)14-17(15,16)11-5-9(6-13)4-10(12)8(11)3/h4-5,7,14H,6H2,1-3H3. The van der Waals surface area contributed by atoms with E-state index in [0.717, 1.165) is 10.0 Å². The van der Waals surface area contributed by atoms with Crippen molar-refractivity contribution in [2.45, 2.75) is 37.6 Å². The van der Waals surface area contributed by atoms with E-state index < -0.39 is 10.0 Å². The zero-order valence-corrected chi connectivity index (χ0v) is 13.1. The van der Waals surface area contributed by atoms with Crippen molar-refractivity contribution in [2.75, 3.05) is 0 Å². The van der Waals surface area contributed by atoms with E-state index in [1.807, 2.05) is 6.07 Å². The summed E-state index contributed by atoms with van der Waals surface area (Å²) in [5, 5.41) is 0. The first-order valence-corrected chi connectivity index (χ1v) is 7.96. The molecule has 0 saturated heterocycles. The molecule has 6 heteroatoms. The van der Waals surface area contributed by atoms with E-state index in [4.69, 9.17) is 11.6 Å². The minimum atomic E-state index is -3.48. The van der Waals surface area contributed by atoms with E-state index in [-0.39, 0.29) is 16.8 Å². The minimum absolute atomic E-state index is 0.141. The third-order valence-corrected chi connectivity index (χ3v) is 5.11. The topological polar surface area (TPSA) is 46.2 Å². The zero-order chi connectivity index (χ0) is 13.2. The molecule has 0 unspecified atom stereocenters. The predicted molar refractivity (Wildman–Crippen MR) is 73.9 cm³/mol. The lowest BCUT2D eigenvalue weighted by atomic mass is 10.2. The third-order valence-electron chi connectivity index (χ3n) is 2.19. The van der Waals surface area contributed by atoms with E-state index in [1.165, 1.54) is 0 Å².